The predicted molar refractivity (Wildman–Crippen MR) is 139 cm³/mol. The molecule has 1 aromatic heterocycles. The van der Waals surface area contributed by atoms with Gasteiger partial charge in [0, 0.05) is 24.4 Å². The minimum Gasteiger partial charge on any atom is -0.431 e. The molecule has 11 heteroatoms. The van der Waals surface area contributed by atoms with Crippen LogP contribution < -0.4 is 14.8 Å². The standard InChI is InChI=1S/C27H29N3O7S/c1-3-22(4-2)36-27(33)37-24-15-12-21(18-29-24)26(32)30-38(34,35)23-13-10-20(11-14-23)25(31)28-17-16-19-8-6-5-7-9-19/h5-15,18,22H,3-4,16-17H2,1-2H3,(H,28,31)(H,30,32). The number of nitrogens with one attached hydrogen (secondary N) is 2. The molecule has 0 aliphatic heterocycles. The third kappa shape index (κ3) is 8.13. The average Bonchev–Trinajstić information content (AvgIpc) is 2.92. The number of ether oxygens (including phenoxy) is 2. The van der Waals surface area contributed by atoms with Crippen molar-refractivity contribution in [1.82, 2.24) is 15.0 Å². The number of carbonyl (C=O) groups excluding carboxylic acids is 3. The van der Waals surface area contributed by atoms with Gasteiger partial charge in [-0.25, -0.2) is 22.9 Å². The molecule has 0 fully saturated rings. The minimum absolute atomic E-state index is 0.0660. The number of nitrogens with zero attached hydrogens (tertiary/aromatic N) is 1. The zero-order valence-corrected chi connectivity index (χ0v) is 21.9. The van der Waals surface area contributed by atoms with Crippen LogP contribution in [-0.2, 0) is 21.2 Å². The van der Waals surface area contributed by atoms with E-state index in [1.165, 1.54) is 36.4 Å². The monoisotopic (exact) mass is 539 g/mol. The SMILES string of the molecule is CCC(CC)OC(=O)Oc1ccc(C(=O)NS(=O)(=O)c2ccc(C(=O)NCCc3ccccc3)cc2)cn1. The van der Waals surface area contributed by atoms with Gasteiger partial charge in [0.05, 0.1) is 10.5 Å². The number of benzene rings is 2. The van der Waals surface area contributed by atoms with Crippen LogP contribution in [0.4, 0.5) is 4.79 Å². The van der Waals surface area contributed by atoms with E-state index in [2.05, 4.69) is 10.3 Å². The topological polar surface area (TPSA) is 141 Å². The van der Waals surface area contributed by atoms with Crippen LogP contribution in [0.3, 0.4) is 0 Å². The third-order valence-corrected chi connectivity index (χ3v) is 6.90. The third-order valence-electron chi connectivity index (χ3n) is 5.56. The fourth-order valence-corrected chi connectivity index (χ4v) is 4.34. The Labute approximate surface area is 221 Å². The highest BCUT2D eigenvalue weighted by Crippen LogP contribution is 2.14. The van der Waals surface area contributed by atoms with Gasteiger partial charge in [0.2, 0.25) is 5.88 Å². The van der Waals surface area contributed by atoms with Crippen LogP contribution in [0.5, 0.6) is 5.88 Å². The Morgan fingerprint density at radius 1 is 0.868 bits per heavy atom. The van der Waals surface area contributed by atoms with E-state index in [1.54, 1.807) is 0 Å². The molecule has 3 aromatic rings. The minimum atomic E-state index is -4.22. The normalized spacial score (nSPS) is 11.0. The molecule has 10 nitrogen and oxygen atoms in total. The highest BCUT2D eigenvalue weighted by molar-refractivity contribution is 7.90. The molecule has 38 heavy (non-hydrogen) atoms. The Hall–Kier alpha value is -4.25. The quantitative estimate of drug-likeness (QED) is 0.350. The maximum atomic E-state index is 12.7. The number of sulfonamides is 1. The number of hydrogen-bond acceptors (Lipinski definition) is 8. The van der Waals surface area contributed by atoms with Gasteiger partial charge < -0.3 is 14.8 Å². The number of aromatic nitrogens is 1. The molecule has 0 unspecified atom stereocenters. The van der Waals surface area contributed by atoms with Gasteiger partial charge >= 0.3 is 6.16 Å². The maximum absolute atomic E-state index is 12.7. The first-order valence-corrected chi connectivity index (χ1v) is 13.5. The lowest BCUT2D eigenvalue weighted by Gasteiger charge is -2.13. The molecular formula is C27H29N3O7S. The number of rotatable bonds is 11. The molecule has 2 amide bonds. The average molecular weight is 540 g/mol. The van der Waals surface area contributed by atoms with E-state index in [4.69, 9.17) is 9.47 Å². The van der Waals surface area contributed by atoms with Crippen LogP contribution in [0.1, 0.15) is 53.0 Å². The summed E-state index contributed by atoms with van der Waals surface area (Å²) in [7, 11) is -4.22. The van der Waals surface area contributed by atoms with Gasteiger partial charge in [0.15, 0.2) is 0 Å². The van der Waals surface area contributed by atoms with Gasteiger partial charge in [-0.15, -0.1) is 0 Å². The number of carbonyl (C=O) groups is 3. The highest BCUT2D eigenvalue weighted by Gasteiger charge is 2.20. The smallest absolute Gasteiger partial charge is 0.431 e. The second-order valence-electron chi connectivity index (χ2n) is 8.24. The number of hydrogen-bond donors (Lipinski definition) is 2. The van der Waals surface area contributed by atoms with Crippen molar-refractivity contribution < 1.29 is 32.3 Å². The highest BCUT2D eigenvalue weighted by atomic mass is 32.2. The molecule has 0 aliphatic carbocycles. The van der Waals surface area contributed by atoms with Crippen LogP contribution in [-0.4, -0.2) is 44.0 Å². The van der Waals surface area contributed by atoms with Crippen molar-refractivity contribution >= 4 is 28.0 Å². The van der Waals surface area contributed by atoms with E-state index in [-0.39, 0.29) is 33.9 Å². The molecule has 0 atom stereocenters. The molecule has 3 rings (SSSR count). The molecule has 2 aromatic carbocycles. The Kier molecular flexibility index (Phi) is 9.94. The summed E-state index contributed by atoms with van der Waals surface area (Å²) in [6.07, 6.45) is 1.82. The summed E-state index contributed by atoms with van der Waals surface area (Å²) in [5, 5.41) is 2.79. The summed E-state index contributed by atoms with van der Waals surface area (Å²) in [5.74, 6) is -1.37. The van der Waals surface area contributed by atoms with Crippen LogP contribution in [0.2, 0.25) is 0 Å². The zero-order chi connectivity index (χ0) is 27.5. The van der Waals surface area contributed by atoms with Crippen molar-refractivity contribution in [2.45, 2.75) is 44.1 Å². The summed E-state index contributed by atoms with van der Waals surface area (Å²) < 4.78 is 37.4. The fraction of sp³-hybridized carbons (Fsp3) is 0.259. The largest absolute Gasteiger partial charge is 0.515 e. The maximum Gasteiger partial charge on any atom is 0.515 e. The zero-order valence-electron chi connectivity index (χ0n) is 21.0. The first-order chi connectivity index (χ1) is 18.2. The molecule has 0 spiro atoms. The van der Waals surface area contributed by atoms with E-state index in [0.717, 1.165) is 11.8 Å². The Morgan fingerprint density at radius 3 is 2.13 bits per heavy atom. The Morgan fingerprint density at radius 2 is 1.53 bits per heavy atom. The summed E-state index contributed by atoms with van der Waals surface area (Å²) in [4.78, 5) is 40.3. The van der Waals surface area contributed by atoms with Crippen LogP contribution in [0.25, 0.3) is 0 Å². The van der Waals surface area contributed by atoms with Gasteiger partial charge in [-0.3, -0.25) is 9.59 Å². The van der Waals surface area contributed by atoms with Gasteiger partial charge in [-0.1, -0.05) is 44.2 Å². The van der Waals surface area contributed by atoms with Crippen molar-refractivity contribution in [2.24, 2.45) is 0 Å². The van der Waals surface area contributed by atoms with Gasteiger partial charge in [0.25, 0.3) is 21.8 Å². The van der Waals surface area contributed by atoms with E-state index < -0.39 is 22.1 Å². The molecule has 1 heterocycles. The van der Waals surface area contributed by atoms with Crippen LogP contribution in [0, 0.1) is 0 Å². The number of amides is 2. The van der Waals surface area contributed by atoms with Crippen LogP contribution in [0.15, 0.2) is 77.8 Å². The fourth-order valence-electron chi connectivity index (χ4n) is 3.37. The van der Waals surface area contributed by atoms with Gasteiger partial charge in [-0.05, 0) is 55.2 Å². The molecule has 2 N–H and O–H groups in total. The van der Waals surface area contributed by atoms with E-state index >= 15 is 0 Å². The van der Waals surface area contributed by atoms with Crippen molar-refractivity contribution in [3.05, 3.63) is 89.6 Å². The molecule has 0 saturated heterocycles. The van der Waals surface area contributed by atoms with Gasteiger partial charge in [-0.2, -0.15) is 0 Å². The summed E-state index contributed by atoms with van der Waals surface area (Å²) in [5.41, 5.74) is 1.30. The molecule has 0 bridgehead atoms. The second kappa shape index (κ2) is 13.3. The van der Waals surface area contributed by atoms with Crippen molar-refractivity contribution in [1.29, 1.82) is 0 Å². The van der Waals surface area contributed by atoms with Crippen molar-refractivity contribution in [3.63, 3.8) is 0 Å². The summed E-state index contributed by atoms with van der Waals surface area (Å²) >= 11 is 0. The summed E-state index contributed by atoms with van der Waals surface area (Å²) in [6.45, 7) is 4.18. The lowest BCUT2D eigenvalue weighted by Crippen LogP contribution is -2.31. The summed E-state index contributed by atoms with van der Waals surface area (Å²) in [6, 6.07) is 17.4. The number of pyridine rings is 1. The predicted octanol–water partition coefficient (Wildman–Crippen LogP) is 3.88. The molecule has 0 aliphatic rings. The molecular weight excluding hydrogens is 510 g/mol. The second-order valence-corrected chi connectivity index (χ2v) is 9.93. The lowest BCUT2D eigenvalue weighted by atomic mass is 10.1. The molecule has 0 radical (unpaired) electrons. The first-order valence-electron chi connectivity index (χ1n) is 12.1. The Balaban J connectivity index is 1.54. The molecule has 200 valence electrons. The Bertz CT molecular complexity index is 1340. The van der Waals surface area contributed by atoms with Crippen molar-refractivity contribution in [2.75, 3.05) is 6.54 Å². The van der Waals surface area contributed by atoms with Crippen molar-refractivity contribution in [3.8, 4) is 5.88 Å². The van der Waals surface area contributed by atoms with Crippen LogP contribution >= 0.6 is 0 Å². The molecule has 0 saturated carbocycles. The lowest BCUT2D eigenvalue weighted by molar-refractivity contribution is 0.0538. The van der Waals surface area contributed by atoms with Gasteiger partial charge in [0.1, 0.15) is 6.10 Å². The first kappa shape index (κ1) is 28.3. The van der Waals surface area contributed by atoms with E-state index in [1.807, 2.05) is 48.9 Å². The van der Waals surface area contributed by atoms with E-state index in [9.17, 15) is 22.8 Å². The van der Waals surface area contributed by atoms with E-state index in [0.29, 0.717) is 25.8 Å².